The highest BCUT2D eigenvalue weighted by atomic mass is 16.5. The highest BCUT2D eigenvalue weighted by molar-refractivity contribution is 5.90. The Hall–Kier alpha value is -1.43. The van der Waals surface area contributed by atoms with Gasteiger partial charge in [-0.25, -0.2) is 4.98 Å². The van der Waals surface area contributed by atoms with Crippen molar-refractivity contribution in [1.29, 1.82) is 0 Å². The molecule has 0 aliphatic heterocycles. The molecule has 1 aliphatic rings. The van der Waals surface area contributed by atoms with Crippen molar-refractivity contribution in [1.82, 2.24) is 20.5 Å². The molecule has 82 valence electrons. The summed E-state index contributed by atoms with van der Waals surface area (Å²) in [6.07, 6.45) is 3.38. The second-order valence-electron chi connectivity index (χ2n) is 3.55. The lowest BCUT2D eigenvalue weighted by Gasteiger charge is -2.35. The first kappa shape index (κ1) is 10.1. The van der Waals surface area contributed by atoms with E-state index in [2.05, 4.69) is 20.5 Å². The SMILES string of the molecule is CCOC1CC(NC(=O)c2ncn[nH]2)C1. The van der Waals surface area contributed by atoms with Gasteiger partial charge in [0.25, 0.3) is 5.91 Å². The molecular formula is C9H14N4O2. The number of ether oxygens (including phenoxy) is 1. The average molecular weight is 210 g/mol. The molecule has 1 aromatic rings. The molecule has 0 saturated heterocycles. The Morgan fingerprint density at radius 3 is 3.13 bits per heavy atom. The zero-order chi connectivity index (χ0) is 10.7. The monoisotopic (exact) mass is 210 g/mol. The number of H-pyrrole nitrogens is 1. The van der Waals surface area contributed by atoms with Crippen molar-refractivity contribution in [2.75, 3.05) is 6.61 Å². The quantitative estimate of drug-likeness (QED) is 0.738. The van der Waals surface area contributed by atoms with Crippen molar-refractivity contribution in [2.24, 2.45) is 0 Å². The van der Waals surface area contributed by atoms with Crippen LogP contribution in [0.3, 0.4) is 0 Å². The number of aromatic amines is 1. The number of rotatable bonds is 4. The maximum atomic E-state index is 11.5. The fourth-order valence-electron chi connectivity index (χ4n) is 1.62. The molecule has 2 N–H and O–H groups in total. The van der Waals surface area contributed by atoms with Gasteiger partial charge in [-0.1, -0.05) is 0 Å². The second-order valence-corrected chi connectivity index (χ2v) is 3.55. The molecule has 0 aromatic carbocycles. The van der Waals surface area contributed by atoms with Crippen LogP contribution in [0, 0.1) is 0 Å². The van der Waals surface area contributed by atoms with Gasteiger partial charge in [0.05, 0.1) is 6.10 Å². The van der Waals surface area contributed by atoms with Gasteiger partial charge in [0.1, 0.15) is 6.33 Å². The Balaban J connectivity index is 1.74. The number of aromatic nitrogens is 3. The minimum absolute atomic E-state index is 0.201. The maximum absolute atomic E-state index is 11.5. The summed E-state index contributed by atoms with van der Waals surface area (Å²) >= 11 is 0. The van der Waals surface area contributed by atoms with Gasteiger partial charge >= 0.3 is 0 Å². The minimum atomic E-state index is -0.201. The molecule has 6 nitrogen and oxygen atoms in total. The Labute approximate surface area is 87.4 Å². The highest BCUT2D eigenvalue weighted by Crippen LogP contribution is 2.23. The Bertz CT molecular complexity index is 319. The van der Waals surface area contributed by atoms with Gasteiger partial charge in [-0.15, -0.1) is 0 Å². The molecule has 15 heavy (non-hydrogen) atoms. The highest BCUT2D eigenvalue weighted by Gasteiger charge is 2.31. The lowest BCUT2D eigenvalue weighted by atomic mass is 9.89. The Morgan fingerprint density at radius 1 is 1.73 bits per heavy atom. The van der Waals surface area contributed by atoms with Crippen LogP contribution >= 0.6 is 0 Å². The van der Waals surface area contributed by atoms with Crippen LogP contribution in [0.15, 0.2) is 6.33 Å². The summed E-state index contributed by atoms with van der Waals surface area (Å²) in [6.45, 7) is 2.70. The van der Waals surface area contributed by atoms with Gasteiger partial charge in [-0.2, -0.15) is 5.10 Å². The first-order chi connectivity index (χ1) is 7.29. The van der Waals surface area contributed by atoms with Crippen molar-refractivity contribution in [3.8, 4) is 0 Å². The van der Waals surface area contributed by atoms with E-state index in [1.54, 1.807) is 0 Å². The standard InChI is InChI=1S/C9H14N4O2/c1-2-15-7-3-6(4-7)12-9(14)8-10-5-11-13-8/h5-7H,2-4H2,1H3,(H,12,14)(H,10,11,13). The number of amides is 1. The van der Waals surface area contributed by atoms with E-state index in [0.717, 1.165) is 19.4 Å². The van der Waals surface area contributed by atoms with E-state index < -0.39 is 0 Å². The van der Waals surface area contributed by atoms with E-state index in [0.29, 0.717) is 6.10 Å². The topological polar surface area (TPSA) is 79.9 Å². The smallest absolute Gasteiger partial charge is 0.288 e. The van der Waals surface area contributed by atoms with E-state index in [-0.39, 0.29) is 17.8 Å². The van der Waals surface area contributed by atoms with Crippen LogP contribution in [0.2, 0.25) is 0 Å². The Kier molecular flexibility index (Phi) is 2.96. The molecule has 2 rings (SSSR count). The molecule has 6 heteroatoms. The third kappa shape index (κ3) is 2.33. The summed E-state index contributed by atoms with van der Waals surface area (Å²) in [5.41, 5.74) is 0. The van der Waals surface area contributed by atoms with Crippen LogP contribution in [-0.2, 0) is 4.74 Å². The summed E-state index contributed by atoms with van der Waals surface area (Å²) < 4.78 is 5.39. The molecule has 0 radical (unpaired) electrons. The molecule has 0 bridgehead atoms. The maximum Gasteiger partial charge on any atom is 0.288 e. The molecular weight excluding hydrogens is 196 g/mol. The molecule has 1 aromatic heterocycles. The lowest BCUT2D eigenvalue weighted by molar-refractivity contribution is -0.00871. The molecule has 1 saturated carbocycles. The predicted molar refractivity (Wildman–Crippen MR) is 52.3 cm³/mol. The van der Waals surface area contributed by atoms with Gasteiger partial charge in [0, 0.05) is 12.6 Å². The van der Waals surface area contributed by atoms with Crippen molar-refractivity contribution in [2.45, 2.75) is 31.9 Å². The van der Waals surface area contributed by atoms with Crippen LogP contribution in [-0.4, -0.2) is 39.8 Å². The summed E-state index contributed by atoms with van der Waals surface area (Å²) in [7, 11) is 0. The third-order valence-electron chi connectivity index (χ3n) is 2.46. The molecule has 1 aliphatic carbocycles. The van der Waals surface area contributed by atoms with E-state index >= 15 is 0 Å². The number of nitrogens with one attached hydrogen (secondary N) is 2. The van der Waals surface area contributed by atoms with Crippen LogP contribution in [0.25, 0.3) is 0 Å². The lowest BCUT2D eigenvalue weighted by Crippen LogP contribution is -2.48. The van der Waals surface area contributed by atoms with E-state index in [9.17, 15) is 4.79 Å². The zero-order valence-electron chi connectivity index (χ0n) is 8.56. The largest absolute Gasteiger partial charge is 0.378 e. The van der Waals surface area contributed by atoms with Gasteiger partial charge in [-0.05, 0) is 19.8 Å². The first-order valence-electron chi connectivity index (χ1n) is 5.07. The van der Waals surface area contributed by atoms with Gasteiger partial charge in [0.15, 0.2) is 0 Å². The normalized spacial score (nSPS) is 24.6. The Morgan fingerprint density at radius 2 is 2.53 bits per heavy atom. The van der Waals surface area contributed by atoms with Gasteiger partial charge < -0.3 is 10.1 Å². The van der Waals surface area contributed by atoms with Gasteiger partial charge in [0.2, 0.25) is 5.82 Å². The predicted octanol–water partition coefficient (Wildman–Crippen LogP) is 0.102. The van der Waals surface area contributed by atoms with Crippen molar-refractivity contribution < 1.29 is 9.53 Å². The third-order valence-corrected chi connectivity index (χ3v) is 2.46. The molecule has 0 spiro atoms. The number of hydrogen-bond acceptors (Lipinski definition) is 4. The van der Waals surface area contributed by atoms with E-state index in [1.165, 1.54) is 6.33 Å². The van der Waals surface area contributed by atoms with E-state index in [1.807, 2.05) is 6.92 Å². The molecule has 1 heterocycles. The van der Waals surface area contributed by atoms with Crippen molar-refractivity contribution in [3.63, 3.8) is 0 Å². The average Bonchev–Trinajstić information content (AvgIpc) is 2.67. The summed E-state index contributed by atoms with van der Waals surface area (Å²) in [6, 6.07) is 0.208. The van der Waals surface area contributed by atoms with Crippen molar-refractivity contribution >= 4 is 5.91 Å². The fraction of sp³-hybridized carbons (Fsp3) is 0.667. The minimum Gasteiger partial charge on any atom is -0.378 e. The van der Waals surface area contributed by atoms with Crippen LogP contribution in [0.4, 0.5) is 0 Å². The van der Waals surface area contributed by atoms with Crippen molar-refractivity contribution in [3.05, 3.63) is 12.2 Å². The van der Waals surface area contributed by atoms with Gasteiger partial charge in [-0.3, -0.25) is 9.89 Å². The van der Waals surface area contributed by atoms with E-state index in [4.69, 9.17) is 4.74 Å². The summed E-state index contributed by atoms with van der Waals surface area (Å²) in [5.74, 6) is 0.0577. The zero-order valence-corrected chi connectivity index (χ0v) is 8.56. The van der Waals surface area contributed by atoms with Crippen LogP contribution < -0.4 is 5.32 Å². The fourth-order valence-corrected chi connectivity index (χ4v) is 1.62. The first-order valence-corrected chi connectivity index (χ1v) is 5.07. The summed E-state index contributed by atoms with van der Waals surface area (Å²) in [4.78, 5) is 15.3. The molecule has 1 fully saturated rings. The molecule has 0 unspecified atom stereocenters. The van der Waals surface area contributed by atoms with Crippen LogP contribution in [0.5, 0.6) is 0 Å². The summed E-state index contributed by atoms with van der Waals surface area (Å²) in [5, 5.41) is 8.99. The number of hydrogen-bond donors (Lipinski definition) is 2. The molecule has 1 amide bonds. The second kappa shape index (κ2) is 4.39. The molecule has 0 atom stereocenters. The van der Waals surface area contributed by atoms with Crippen LogP contribution in [0.1, 0.15) is 30.4 Å². The number of nitrogens with zero attached hydrogens (tertiary/aromatic N) is 2. The number of carbonyl (C=O) groups is 1. The number of carbonyl (C=O) groups excluding carboxylic acids is 1.